The van der Waals surface area contributed by atoms with Gasteiger partial charge < -0.3 is 4.74 Å². The molecule has 0 aliphatic carbocycles. The van der Waals surface area contributed by atoms with Crippen LogP contribution in [0.5, 0.6) is 0 Å². The monoisotopic (exact) mass is 267 g/mol. The molecule has 3 unspecified atom stereocenters. The minimum absolute atomic E-state index is 0.0275. The maximum atomic E-state index is 12.2. The fourth-order valence-corrected chi connectivity index (χ4v) is 3.60. The van der Waals surface area contributed by atoms with Gasteiger partial charge in [-0.25, -0.2) is 0 Å². The molecule has 0 radical (unpaired) electrons. The molecule has 2 aliphatic rings. The van der Waals surface area contributed by atoms with Crippen molar-refractivity contribution in [2.24, 2.45) is 17.3 Å². The van der Waals surface area contributed by atoms with Crippen molar-refractivity contribution in [2.45, 2.75) is 59.0 Å². The van der Waals surface area contributed by atoms with Gasteiger partial charge in [-0.1, -0.05) is 27.2 Å². The third kappa shape index (κ3) is 2.83. The first-order valence-corrected chi connectivity index (χ1v) is 7.44. The van der Waals surface area contributed by atoms with E-state index < -0.39 is 0 Å². The van der Waals surface area contributed by atoms with Gasteiger partial charge in [0.1, 0.15) is 0 Å². The van der Waals surface area contributed by atoms with Crippen molar-refractivity contribution in [1.29, 1.82) is 0 Å². The summed E-state index contributed by atoms with van der Waals surface area (Å²) in [5.74, 6) is 0.226. The number of rotatable bonds is 3. The first kappa shape index (κ1) is 14.5. The van der Waals surface area contributed by atoms with Gasteiger partial charge in [-0.15, -0.1) is 0 Å². The van der Waals surface area contributed by atoms with E-state index in [4.69, 9.17) is 4.74 Å². The Kier molecular flexibility index (Phi) is 4.29. The molecular formula is C15H25NO3. The van der Waals surface area contributed by atoms with Crippen LogP contribution in [0.2, 0.25) is 0 Å². The third-order valence-corrected chi connectivity index (χ3v) is 4.69. The minimum atomic E-state index is -0.164. The SMILES string of the molecule is CCCC1C(=O)NC(=O)CC12CCOC(C(C)C)C2. The Bertz CT molecular complexity index is 366. The molecule has 2 saturated heterocycles. The maximum absolute atomic E-state index is 12.2. The predicted molar refractivity (Wildman–Crippen MR) is 72.4 cm³/mol. The number of carbonyl (C=O) groups excluding carboxylic acids is 2. The van der Waals surface area contributed by atoms with E-state index in [2.05, 4.69) is 26.1 Å². The van der Waals surface area contributed by atoms with Crippen molar-refractivity contribution in [2.75, 3.05) is 6.61 Å². The van der Waals surface area contributed by atoms with E-state index in [1.54, 1.807) is 0 Å². The number of carbonyl (C=O) groups is 2. The Morgan fingerprint density at radius 1 is 1.42 bits per heavy atom. The van der Waals surface area contributed by atoms with Gasteiger partial charge in [0.25, 0.3) is 0 Å². The average molecular weight is 267 g/mol. The molecule has 0 aromatic carbocycles. The maximum Gasteiger partial charge on any atom is 0.230 e. The van der Waals surface area contributed by atoms with Gasteiger partial charge in [0.2, 0.25) is 11.8 Å². The lowest BCUT2D eigenvalue weighted by Gasteiger charge is -2.48. The number of hydrogen-bond donors (Lipinski definition) is 1. The Morgan fingerprint density at radius 2 is 2.16 bits per heavy atom. The van der Waals surface area contributed by atoms with Gasteiger partial charge >= 0.3 is 0 Å². The highest BCUT2D eigenvalue weighted by atomic mass is 16.5. The van der Waals surface area contributed by atoms with Gasteiger partial charge in [0.05, 0.1) is 6.10 Å². The summed E-state index contributed by atoms with van der Waals surface area (Å²) >= 11 is 0. The summed E-state index contributed by atoms with van der Waals surface area (Å²) in [6.45, 7) is 7.05. The van der Waals surface area contributed by atoms with Crippen LogP contribution < -0.4 is 5.32 Å². The number of hydrogen-bond acceptors (Lipinski definition) is 3. The standard InChI is InChI=1S/C15H25NO3/c1-4-5-11-14(18)16-13(17)9-15(11)6-7-19-12(8-15)10(2)3/h10-12H,4-9H2,1-3H3,(H,16,17,18). The minimum Gasteiger partial charge on any atom is -0.378 e. The van der Waals surface area contributed by atoms with Crippen LogP contribution in [-0.4, -0.2) is 24.5 Å². The summed E-state index contributed by atoms with van der Waals surface area (Å²) in [6.07, 6.45) is 4.17. The number of imide groups is 1. The van der Waals surface area contributed by atoms with Crippen LogP contribution in [0.1, 0.15) is 52.9 Å². The molecule has 2 aliphatic heterocycles. The molecule has 3 atom stereocenters. The summed E-state index contributed by atoms with van der Waals surface area (Å²) in [5, 5.41) is 2.51. The number of nitrogens with one attached hydrogen (secondary N) is 1. The van der Waals surface area contributed by atoms with Crippen molar-refractivity contribution >= 4 is 11.8 Å². The summed E-state index contributed by atoms with van der Waals surface area (Å²) in [4.78, 5) is 24.0. The summed E-state index contributed by atoms with van der Waals surface area (Å²) in [5.41, 5.74) is -0.164. The number of amides is 2. The fourth-order valence-electron chi connectivity index (χ4n) is 3.60. The number of piperidine rings is 1. The lowest BCUT2D eigenvalue weighted by Crippen LogP contribution is -2.55. The highest BCUT2D eigenvalue weighted by molar-refractivity contribution is 5.99. The Balaban J connectivity index is 2.24. The molecule has 108 valence electrons. The predicted octanol–water partition coefficient (Wildman–Crippen LogP) is 2.27. The lowest BCUT2D eigenvalue weighted by molar-refractivity contribution is -0.155. The van der Waals surface area contributed by atoms with Crippen LogP contribution in [-0.2, 0) is 14.3 Å². The molecule has 0 aromatic rings. The quantitative estimate of drug-likeness (QED) is 0.798. The molecule has 4 nitrogen and oxygen atoms in total. The fraction of sp³-hybridized carbons (Fsp3) is 0.867. The van der Waals surface area contributed by atoms with E-state index in [1.807, 2.05) is 0 Å². The van der Waals surface area contributed by atoms with Gasteiger partial charge in [0, 0.05) is 18.9 Å². The van der Waals surface area contributed by atoms with Crippen molar-refractivity contribution in [1.82, 2.24) is 5.32 Å². The smallest absolute Gasteiger partial charge is 0.230 e. The molecular weight excluding hydrogens is 242 g/mol. The second-order valence-electron chi connectivity index (χ2n) is 6.40. The van der Waals surface area contributed by atoms with Gasteiger partial charge in [0.15, 0.2) is 0 Å². The van der Waals surface area contributed by atoms with Crippen LogP contribution in [0.3, 0.4) is 0 Å². The molecule has 19 heavy (non-hydrogen) atoms. The van der Waals surface area contributed by atoms with Crippen LogP contribution >= 0.6 is 0 Å². The molecule has 2 rings (SSSR count). The lowest BCUT2D eigenvalue weighted by atomic mass is 9.62. The van der Waals surface area contributed by atoms with Crippen LogP contribution in [0.15, 0.2) is 0 Å². The molecule has 4 heteroatoms. The first-order chi connectivity index (χ1) is 8.98. The zero-order valence-corrected chi connectivity index (χ0v) is 12.2. The van der Waals surface area contributed by atoms with Crippen LogP contribution in [0, 0.1) is 17.3 Å². The second kappa shape index (κ2) is 5.61. The van der Waals surface area contributed by atoms with Crippen molar-refractivity contribution in [3.05, 3.63) is 0 Å². The summed E-state index contributed by atoms with van der Waals surface area (Å²) < 4.78 is 5.82. The van der Waals surface area contributed by atoms with Gasteiger partial charge in [-0.05, 0) is 30.6 Å². The number of ether oxygens (including phenoxy) is 1. The van der Waals surface area contributed by atoms with Crippen LogP contribution in [0.25, 0.3) is 0 Å². The largest absolute Gasteiger partial charge is 0.378 e. The second-order valence-corrected chi connectivity index (χ2v) is 6.40. The van der Waals surface area contributed by atoms with E-state index >= 15 is 0 Å². The molecule has 1 spiro atoms. The molecule has 0 saturated carbocycles. The average Bonchev–Trinajstić information content (AvgIpc) is 2.34. The Labute approximate surface area is 115 Å². The van der Waals surface area contributed by atoms with Crippen molar-refractivity contribution < 1.29 is 14.3 Å². The van der Waals surface area contributed by atoms with Gasteiger partial charge in [-0.2, -0.15) is 0 Å². The molecule has 2 amide bonds. The van der Waals surface area contributed by atoms with E-state index in [0.717, 1.165) is 25.7 Å². The van der Waals surface area contributed by atoms with E-state index in [-0.39, 0.29) is 29.3 Å². The normalized spacial score (nSPS) is 35.8. The van der Waals surface area contributed by atoms with E-state index in [9.17, 15) is 9.59 Å². The first-order valence-electron chi connectivity index (χ1n) is 7.44. The highest BCUT2D eigenvalue weighted by Gasteiger charge is 2.50. The van der Waals surface area contributed by atoms with Crippen molar-refractivity contribution in [3.8, 4) is 0 Å². The van der Waals surface area contributed by atoms with Crippen molar-refractivity contribution in [3.63, 3.8) is 0 Å². The Morgan fingerprint density at radius 3 is 2.79 bits per heavy atom. The van der Waals surface area contributed by atoms with E-state index in [0.29, 0.717) is 18.9 Å². The molecule has 2 heterocycles. The zero-order valence-electron chi connectivity index (χ0n) is 12.2. The molecule has 0 aromatic heterocycles. The summed E-state index contributed by atoms with van der Waals surface area (Å²) in [7, 11) is 0. The highest BCUT2D eigenvalue weighted by Crippen LogP contribution is 2.48. The summed E-state index contributed by atoms with van der Waals surface area (Å²) in [6, 6.07) is 0. The van der Waals surface area contributed by atoms with Crippen LogP contribution in [0.4, 0.5) is 0 Å². The topological polar surface area (TPSA) is 55.4 Å². The molecule has 1 N–H and O–H groups in total. The van der Waals surface area contributed by atoms with Gasteiger partial charge in [-0.3, -0.25) is 14.9 Å². The molecule has 0 bridgehead atoms. The van der Waals surface area contributed by atoms with E-state index in [1.165, 1.54) is 0 Å². The molecule has 2 fully saturated rings. The Hall–Kier alpha value is -0.900. The third-order valence-electron chi connectivity index (χ3n) is 4.69. The zero-order chi connectivity index (χ0) is 14.0.